The number of rotatable bonds is 5. The van der Waals surface area contributed by atoms with Crippen molar-refractivity contribution in [1.29, 1.82) is 0 Å². The minimum Gasteiger partial charge on any atom is -0.486 e. The minimum absolute atomic E-state index is 0.149. The van der Waals surface area contributed by atoms with Crippen LogP contribution in [0.5, 0.6) is 5.75 Å². The highest BCUT2D eigenvalue weighted by Crippen LogP contribution is 2.24. The molecule has 0 unspecified atom stereocenters. The molecular formula is C21H21ClN2O2S. The Labute approximate surface area is 168 Å². The number of hydrogen-bond donors (Lipinski definition) is 1. The van der Waals surface area contributed by atoms with E-state index in [0.29, 0.717) is 22.2 Å². The lowest BCUT2D eigenvalue weighted by Crippen LogP contribution is -2.11. The first-order chi connectivity index (χ1) is 12.8. The fourth-order valence-corrected chi connectivity index (χ4v) is 3.80. The average Bonchev–Trinajstić information content (AvgIpc) is 2.96. The maximum atomic E-state index is 12.6. The average molecular weight is 401 g/mol. The van der Waals surface area contributed by atoms with Crippen molar-refractivity contribution in [2.45, 2.75) is 34.3 Å². The van der Waals surface area contributed by atoms with Crippen LogP contribution in [0.1, 0.15) is 37.1 Å². The number of anilines is 1. The number of thiazole rings is 1. The number of carbonyl (C=O) groups excluding carboxylic acids is 1. The highest BCUT2D eigenvalue weighted by atomic mass is 35.5. The molecule has 0 atom stereocenters. The Morgan fingerprint density at radius 3 is 2.48 bits per heavy atom. The normalized spacial score (nSPS) is 10.7. The smallest absolute Gasteiger partial charge is 0.267 e. The van der Waals surface area contributed by atoms with Gasteiger partial charge in [-0.25, -0.2) is 4.98 Å². The van der Waals surface area contributed by atoms with Crippen LogP contribution in [0.3, 0.4) is 0 Å². The molecule has 1 aromatic heterocycles. The third kappa shape index (κ3) is 4.87. The van der Waals surface area contributed by atoms with Gasteiger partial charge in [0.15, 0.2) is 0 Å². The van der Waals surface area contributed by atoms with Gasteiger partial charge in [0.05, 0.1) is 5.69 Å². The predicted molar refractivity (Wildman–Crippen MR) is 111 cm³/mol. The van der Waals surface area contributed by atoms with E-state index < -0.39 is 0 Å². The van der Waals surface area contributed by atoms with Crippen LogP contribution in [0, 0.1) is 27.7 Å². The van der Waals surface area contributed by atoms with Crippen molar-refractivity contribution < 1.29 is 9.53 Å². The molecule has 0 fully saturated rings. The van der Waals surface area contributed by atoms with Gasteiger partial charge >= 0.3 is 0 Å². The molecule has 0 spiro atoms. The maximum Gasteiger partial charge on any atom is 0.267 e. The Balaban J connectivity index is 1.69. The van der Waals surface area contributed by atoms with Crippen molar-refractivity contribution >= 4 is 34.5 Å². The van der Waals surface area contributed by atoms with Gasteiger partial charge in [0.2, 0.25) is 0 Å². The van der Waals surface area contributed by atoms with Crippen molar-refractivity contribution in [3.63, 3.8) is 0 Å². The molecular weight excluding hydrogens is 380 g/mol. The Kier molecular flexibility index (Phi) is 5.82. The molecule has 1 amide bonds. The second kappa shape index (κ2) is 8.11. The summed E-state index contributed by atoms with van der Waals surface area (Å²) in [6, 6.07) is 11.5. The number of aryl methyl sites for hydroxylation is 4. The molecule has 1 N–H and O–H groups in total. The molecule has 140 valence electrons. The molecule has 4 nitrogen and oxygen atoms in total. The van der Waals surface area contributed by atoms with Crippen molar-refractivity contribution in [2.24, 2.45) is 0 Å². The van der Waals surface area contributed by atoms with Gasteiger partial charge in [-0.15, -0.1) is 11.3 Å². The fourth-order valence-electron chi connectivity index (χ4n) is 2.81. The first-order valence-electron chi connectivity index (χ1n) is 8.57. The predicted octanol–water partition coefficient (Wildman–Crippen LogP) is 5.86. The third-order valence-corrected chi connectivity index (χ3v) is 5.57. The highest BCUT2D eigenvalue weighted by molar-refractivity contribution is 7.13. The van der Waals surface area contributed by atoms with Crippen LogP contribution < -0.4 is 10.1 Å². The fraction of sp³-hybridized carbons (Fsp3) is 0.238. The third-order valence-electron chi connectivity index (χ3n) is 4.02. The summed E-state index contributed by atoms with van der Waals surface area (Å²) < 4.78 is 5.78. The maximum absolute atomic E-state index is 12.6. The van der Waals surface area contributed by atoms with Gasteiger partial charge in [-0.1, -0.05) is 17.7 Å². The van der Waals surface area contributed by atoms with E-state index in [-0.39, 0.29) is 5.91 Å². The Bertz CT molecular complexity index is 978. The number of amides is 1. The lowest BCUT2D eigenvalue weighted by atomic mass is 10.1. The van der Waals surface area contributed by atoms with E-state index in [9.17, 15) is 4.79 Å². The van der Waals surface area contributed by atoms with Gasteiger partial charge in [0.25, 0.3) is 5.91 Å². The van der Waals surface area contributed by atoms with Gasteiger partial charge in [0, 0.05) is 10.7 Å². The van der Waals surface area contributed by atoms with Gasteiger partial charge < -0.3 is 10.1 Å². The van der Waals surface area contributed by atoms with Gasteiger partial charge in [-0.3, -0.25) is 4.79 Å². The van der Waals surface area contributed by atoms with Crippen molar-refractivity contribution in [3.8, 4) is 5.75 Å². The largest absolute Gasteiger partial charge is 0.486 e. The van der Waals surface area contributed by atoms with E-state index in [4.69, 9.17) is 16.3 Å². The summed E-state index contributed by atoms with van der Waals surface area (Å²) in [5.74, 6) is 0.578. The summed E-state index contributed by atoms with van der Waals surface area (Å²) in [6.45, 7) is 8.09. The lowest BCUT2D eigenvalue weighted by Gasteiger charge is -2.07. The molecule has 3 aromatic rings. The molecule has 0 radical (unpaired) electrons. The first-order valence-corrected chi connectivity index (χ1v) is 9.76. The zero-order valence-corrected chi connectivity index (χ0v) is 17.3. The molecule has 0 aliphatic heterocycles. The number of benzene rings is 2. The van der Waals surface area contributed by atoms with Crippen LogP contribution in [0.25, 0.3) is 0 Å². The van der Waals surface area contributed by atoms with E-state index in [1.807, 2.05) is 58.0 Å². The van der Waals surface area contributed by atoms with Crippen molar-refractivity contribution in [1.82, 2.24) is 4.98 Å². The standard InChI is InChI=1S/C21H21ClN2O2S/c1-12-7-13(2)9-16(8-12)24-21(25)20-15(4)23-19(27-20)11-26-17-5-6-18(22)14(3)10-17/h5-10H,11H2,1-4H3,(H,24,25). The lowest BCUT2D eigenvalue weighted by molar-refractivity contribution is 0.103. The van der Waals surface area contributed by atoms with Crippen molar-refractivity contribution in [3.05, 3.63) is 73.7 Å². The van der Waals surface area contributed by atoms with E-state index in [0.717, 1.165) is 33.1 Å². The van der Waals surface area contributed by atoms with Gasteiger partial charge in [-0.2, -0.15) is 0 Å². The second-order valence-electron chi connectivity index (χ2n) is 6.55. The number of halogens is 1. The molecule has 6 heteroatoms. The molecule has 0 aliphatic carbocycles. The van der Waals surface area contributed by atoms with Crippen LogP contribution in [0.4, 0.5) is 5.69 Å². The molecule has 3 rings (SSSR count). The summed E-state index contributed by atoms with van der Waals surface area (Å²) in [5.41, 5.74) is 4.67. The SMILES string of the molecule is Cc1cc(C)cc(NC(=O)c2sc(COc3ccc(Cl)c(C)c3)nc2C)c1. The molecule has 1 heterocycles. The Morgan fingerprint density at radius 2 is 1.81 bits per heavy atom. The number of ether oxygens (including phenoxy) is 1. The molecule has 0 aliphatic rings. The first kappa shape index (κ1) is 19.4. The van der Waals surface area contributed by atoms with Crippen LogP contribution in [0.2, 0.25) is 5.02 Å². The van der Waals surface area contributed by atoms with E-state index in [1.165, 1.54) is 11.3 Å². The van der Waals surface area contributed by atoms with E-state index in [2.05, 4.69) is 16.4 Å². The molecule has 2 aromatic carbocycles. The Hall–Kier alpha value is -2.37. The summed E-state index contributed by atoms with van der Waals surface area (Å²) in [6.07, 6.45) is 0. The quantitative estimate of drug-likeness (QED) is 0.583. The van der Waals surface area contributed by atoms with Gasteiger partial charge in [-0.05, 0) is 74.7 Å². The topological polar surface area (TPSA) is 51.2 Å². The van der Waals surface area contributed by atoms with Crippen LogP contribution in [-0.2, 0) is 6.61 Å². The number of hydrogen-bond acceptors (Lipinski definition) is 4. The molecule has 27 heavy (non-hydrogen) atoms. The Morgan fingerprint density at radius 1 is 1.11 bits per heavy atom. The summed E-state index contributed by atoms with van der Waals surface area (Å²) in [5, 5.41) is 4.42. The number of aromatic nitrogens is 1. The summed E-state index contributed by atoms with van der Waals surface area (Å²) in [4.78, 5) is 17.7. The van der Waals surface area contributed by atoms with Crippen LogP contribution in [-0.4, -0.2) is 10.9 Å². The molecule has 0 bridgehead atoms. The van der Waals surface area contributed by atoms with Gasteiger partial charge in [0.1, 0.15) is 22.2 Å². The van der Waals surface area contributed by atoms with Crippen molar-refractivity contribution in [2.75, 3.05) is 5.32 Å². The molecule has 0 saturated carbocycles. The molecule has 0 saturated heterocycles. The second-order valence-corrected chi connectivity index (χ2v) is 8.04. The minimum atomic E-state index is -0.149. The van der Waals surface area contributed by atoms with Crippen LogP contribution in [0.15, 0.2) is 36.4 Å². The van der Waals surface area contributed by atoms with Crippen LogP contribution >= 0.6 is 22.9 Å². The number of nitrogens with one attached hydrogen (secondary N) is 1. The zero-order chi connectivity index (χ0) is 19.6. The highest BCUT2D eigenvalue weighted by Gasteiger charge is 2.16. The summed E-state index contributed by atoms with van der Waals surface area (Å²) >= 11 is 7.38. The number of nitrogens with zero attached hydrogens (tertiary/aromatic N) is 1. The number of carbonyl (C=O) groups is 1. The van der Waals surface area contributed by atoms with E-state index in [1.54, 1.807) is 0 Å². The van der Waals surface area contributed by atoms with E-state index >= 15 is 0 Å². The zero-order valence-electron chi connectivity index (χ0n) is 15.7. The summed E-state index contributed by atoms with van der Waals surface area (Å²) in [7, 11) is 0. The monoisotopic (exact) mass is 400 g/mol.